The van der Waals surface area contributed by atoms with Crippen molar-refractivity contribution in [3.05, 3.63) is 58.3 Å². The summed E-state index contributed by atoms with van der Waals surface area (Å²) in [5.74, 6) is 0. The van der Waals surface area contributed by atoms with E-state index in [1.807, 2.05) is 31.2 Å². The van der Waals surface area contributed by atoms with Gasteiger partial charge in [-0.1, -0.05) is 12.1 Å². The lowest BCUT2D eigenvalue weighted by Gasteiger charge is -2.28. The monoisotopic (exact) mass is 335 g/mol. The number of hydrogen-bond donors (Lipinski definition) is 0. The summed E-state index contributed by atoms with van der Waals surface area (Å²) in [6.07, 6.45) is 5.40. The van der Waals surface area contributed by atoms with Crippen LogP contribution >= 0.6 is 0 Å². The van der Waals surface area contributed by atoms with Crippen molar-refractivity contribution in [3.63, 3.8) is 0 Å². The summed E-state index contributed by atoms with van der Waals surface area (Å²) in [5, 5.41) is 4.36. The lowest BCUT2D eigenvalue weighted by molar-refractivity contribution is 0.570. The van der Waals surface area contributed by atoms with E-state index in [0.29, 0.717) is 6.54 Å². The molecule has 3 heterocycles. The van der Waals surface area contributed by atoms with E-state index in [0.717, 1.165) is 41.2 Å². The summed E-state index contributed by atoms with van der Waals surface area (Å²) < 4.78 is 1.46. The lowest BCUT2D eigenvalue weighted by atomic mass is 10.1. The van der Waals surface area contributed by atoms with Gasteiger partial charge in [-0.25, -0.2) is 14.6 Å². The Morgan fingerprint density at radius 1 is 1.04 bits per heavy atom. The molecule has 0 amide bonds. The van der Waals surface area contributed by atoms with Crippen LogP contribution in [0.4, 0.5) is 5.69 Å². The summed E-state index contributed by atoms with van der Waals surface area (Å²) in [6.45, 7) is 4.26. The molecule has 1 aliphatic rings. The van der Waals surface area contributed by atoms with Crippen LogP contribution < -0.4 is 10.5 Å². The molecule has 0 radical (unpaired) electrons. The first kappa shape index (κ1) is 15.7. The topological polar surface area (TPSA) is 63.9 Å². The second-order valence-corrected chi connectivity index (χ2v) is 6.50. The minimum absolute atomic E-state index is 0.0996. The Kier molecular flexibility index (Phi) is 4.17. The van der Waals surface area contributed by atoms with Gasteiger partial charge in [0.2, 0.25) is 0 Å². The fourth-order valence-corrected chi connectivity index (χ4v) is 3.28. The molecular formula is C19H21N5O. The highest BCUT2D eigenvalue weighted by Gasteiger charge is 2.13. The van der Waals surface area contributed by atoms with Crippen molar-refractivity contribution in [1.82, 2.24) is 19.7 Å². The zero-order chi connectivity index (χ0) is 17.2. The first-order valence-corrected chi connectivity index (χ1v) is 8.75. The van der Waals surface area contributed by atoms with Gasteiger partial charge in [-0.05, 0) is 38.3 Å². The van der Waals surface area contributed by atoms with E-state index >= 15 is 0 Å². The highest BCUT2D eigenvalue weighted by molar-refractivity contribution is 5.74. The molecule has 1 fully saturated rings. The molecule has 128 valence electrons. The van der Waals surface area contributed by atoms with Crippen molar-refractivity contribution in [2.75, 3.05) is 18.0 Å². The minimum Gasteiger partial charge on any atom is -0.370 e. The number of nitrogens with zero attached hydrogens (tertiary/aromatic N) is 5. The van der Waals surface area contributed by atoms with Crippen molar-refractivity contribution in [2.24, 2.45) is 0 Å². The molecule has 4 rings (SSSR count). The fourth-order valence-electron chi connectivity index (χ4n) is 3.28. The summed E-state index contributed by atoms with van der Waals surface area (Å²) >= 11 is 0. The standard InChI is InChI=1S/C19H21N5O/c1-14-18(22-17-8-4-3-7-16(17)21-14)13-24-19(25)11-15(12-20-24)23-9-5-2-6-10-23/h3-4,7-8,11-12H,2,5-6,9-10,13H2,1H3. The molecule has 25 heavy (non-hydrogen) atoms. The predicted molar refractivity (Wildman–Crippen MR) is 97.9 cm³/mol. The average Bonchev–Trinajstić information content (AvgIpc) is 2.64. The van der Waals surface area contributed by atoms with Gasteiger partial charge in [-0.15, -0.1) is 0 Å². The highest BCUT2D eigenvalue weighted by Crippen LogP contribution is 2.17. The molecule has 0 bridgehead atoms. The van der Waals surface area contributed by atoms with Crippen molar-refractivity contribution in [3.8, 4) is 0 Å². The van der Waals surface area contributed by atoms with E-state index in [1.165, 1.54) is 23.9 Å². The number of para-hydroxylation sites is 2. The number of aromatic nitrogens is 4. The second kappa shape index (κ2) is 6.63. The van der Waals surface area contributed by atoms with E-state index in [-0.39, 0.29) is 5.56 Å². The summed E-state index contributed by atoms with van der Waals surface area (Å²) in [4.78, 5) is 24.0. The van der Waals surface area contributed by atoms with Crippen LogP contribution in [0.25, 0.3) is 11.0 Å². The van der Waals surface area contributed by atoms with Crippen LogP contribution in [0, 0.1) is 6.92 Å². The van der Waals surface area contributed by atoms with E-state index in [4.69, 9.17) is 0 Å². The third-order valence-corrected chi connectivity index (χ3v) is 4.72. The predicted octanol–water partition coefficient (Wildman–Crippen LogP) is 2.53. The Morgan fingerprint density at radius 3 is 2.48 bits per heavy atom. The van der Waals surface area contributed by atoms with Crippen molar-refractivity contribution in [1.29, 1.82) is 0 Å². The number of aryl methyl sites for hydroxylation is 1. The number of benzene rings is 1. The number of piperidine rings is 1. The van der Waals surface area contributed by atoms with E-state index < -0.39 is 0 Å². The normalized spacial score (nSPS) is 14.8. The van der Waals surface area contributed by atoms with Gasteiger partial charge in [0.1, 0.15) is 0 Å². The zero-order valence-corrected chi connectivity index (χ0v) is 14.4. The van der Waals surface area contributed by atoms with Crippen LogP contribution in [0.3, 0.4) is 0 Å². The van der Waals surface area contributed by atoms with E-state index in [1.54, 1.807) is 12.3 Å². The van der Waals surface area contributed by atoms with Gasteiger partial charge >= 0.3 is 0 Å². The van der Waals surface area contributed by atoms with Crippen molar-refractivity contribution in [2.45, 2.75) is 32.7 Å². The summed E-state index contributed by atoms with van der Waals surface area (Å²) in [6, 6.07) is 9.44. The van der Waals surface area contributed by atoms with Gasteiger partial charge in [-0.2, -0.15) is 5.10 Å². The third-order valence-electron chi connectivity index (χ3n) is 4.72. The molecule has 0 N–H and O–H groups in total. The Hall–Kier alpha value is -2.76. The lowest BCUT2D eigenvalue weighted by Crippen LogP contribution is -2.32. The molecule has 2 aromatic heterocycles. The maximum Gasteiger partial charge on any atom is 0.269 e. The number of anilines is 1. The molecular weight excluding hydrogens is 314 g/mol. The Morgan fingerprint density at radius 2 is 1.76 bits per heavy atom. The van der Waals surface area contributed by atoms with Gasteiger partial charge in [0.15, 0.2) is 0 Å². The second-order valence-electron chi connectivity index (χ2n) is 6.50. The highest BCUT2D eigenvalue weighted by atomic mass is 16.1. The number of rotatable bonds is 3. The SMILES string of the molecule is Cc1nc2ccccc2nc1Cn1ncc(N2CCCCC2)cc1=O. The zero-order valence-electron chi connectivity index (χ0n) is 14.4. The van der Waals surface area contributed by atoms with Gasteiger partial charge in [0, 0.05) is 19.2 Å². The molecule has 1 saturated heterocycles. The van der Waals surface area contributed by atoms with Crippen LogP contribution in [-0.4, -0.2) is 32.8 Å². The molecule has 6 nitrogen and oxygen atoms in total. The Bertz CT molecular complexity index is 959. The minimum atomic E-state index is -0.0996. The van der Waals surface area contributed by atoms with Crippen molar-refractivity contribution >= 4 is 16.7 Å². The molecule has 1 aromatic carbocycles. The maximum atomic E-state index is 12.5. The Balaban J connectivity index is 1.62. The van der Waals surface area contributed by atoms with Crippen LogP contribution in [0.15, 0.2) is 41.3 Å². The van der Waals surface area contributed by atoms with Crippen LogP contribution in [0.1, 0.15) is 30.7 Å². The summed E-state index contributed by atoms with van der Waals surface area (Å²) in [7, 11) is 0. The average molecular weight is 335 g/mol. The molecule has 3 aromatic rings. The van der Waals surface area contributed by atoms with E-state index in [9.17, 15) is 4.79 Å². The van der Waals surface area contributed by atoms with Crippen LogP contribution in [0.2, 0.25) is 0 Å². The van der Waals surface area contributed by atoms with Gasteiger partial charge in [0.05, 0.1) is 40.9 Å². The largest absolute Gasteiger partial charge is 0.370 e. The van der Waals surface area contributed by atoms with Crippen LogP contribution in [-0.2, 0) is 6.54 Å². The van der Waals surface area contributed by atoms with Crippen LogP contribution in [0.5, 0.6) is 0 Å². The first-order valence-electron chi connectivity index (χ1n) is 8.75. The Labute approximate surface area is 146 Å². The molecule has 0 atom stereocenters. The molecule has 1 aliphatic heterocycles. The first-order chi connectivity index (χ1) is 12.2. The maximum absolute atomic E-state index is 12.5. The smallest absolute Gasteiger partial charge is 0.269 e. The van der Waals surface area contributed by atoms with Gasteiger partial charge in [0.25, 0.3) is 5.56 Å². The molecule has 0 saturated carbocycles. The molecule has 0 aliphatic carbocycles. The summed E-state index contributed by atoms with van der Waals surface area (Å²) in [5.41, 5.74) is 4.12. The molecule has 6 heteroatoms. The number of hydrogen-bond acceptors (Lipinski definition) is 5. The quantitative estimate of drug-likeness (QED) is 0.736. The molecule has 0 unspecified atom stereocenters. The van der Waals surface area contributed by atoms with Gasteiger partial charge < -0.3 is 4.90 Å². The molecule has 0 spiro atoms. The fraction of sp³-hybridized carbons (Fsp3) is 0.368. The van der Waals surface area contributed by atoms with Crippen molar-refractivity contribution < 1.29 is 0 Å². The number of fused-ring (bicyclic) bond motifs is 1. The third kappa shape index (κ3) is 3.24. The van der Waals surface area contributed by atoms with E-state index in [2.05, 4.69) is 20.0 Å². The van der Waals surface area contributed by atoms with Gasteiger partial charge in [-0.3, -0.25) is 4.79 Å².